The molecule has 2 aromatic rings. The van der Waals surface area contributed by atoms with Gasteiger partial charge in [-0.05, 0) is 11.6 Å². The molecular formula is C7H8ClN7. The lowest BCUT2D eigenvalue weighted by atomic mass is 10.6. The Labute approximate surface area is 90.3 Å². The number of anilines is 3. The van der Waals surface area contributed by atoms with Crippen LogP contribution in [0.15, 0.2) is 12.4 Å². The summed E-state index contributed by atoms with van der Waals surface area (Å²) in [6.45, 7) is 0. The van der Waals surface area contributed by atoms with E-state index in [1.54, 1.807) is 24.1 Å². The zero-order valence-electron chi connectivity index (χ0n) is 7.85. The van der Waals surface area contributed by atoms with Crippen LogP contribution in [0.2, 0.25) is 5.28 Å². The number of hydrogen-bond donors (Lipinski definition) is 2. The Kier molecular flexibility index (Phi) is 2.38. The summed E-state index contributed by atoms with van der Waals surface area (Å²) in [6, 6.07) is 0. The smallest absolute Gasteiger partial charge is 0.233 e. The molecule has 2 aromatic heterocycles. The van der Waals surface area contributed by atoms with E-state index in [0.717, 1.165) is 5.69 Å². The lowest BCUT2D eigenvalue weighted by molar-refractivity contribution is 0.768. The highest BCUT2D eigenvalue weighted by Crippen LogP contribution is 2.13. The summed E-state index contributed by atoms with van der Waals surface area (Å²) >= 11 is 5.62. The standard InChI is InChI=1S/C7H8ClN7/c1-15-3-4(2-10-15)11-7-13-5(8)12-6(9)14-7/h2-3H,1H3,(H3,9,11,12,13,14). The van der Waals surface area contributed by atoms with Crippen LogP contribution in [-0.2, 0) is 7.05 Å². The van der Waals surface area contributed by atoms with Gasteiger partial charge in [0.25, 0.3) is 0 Å². The number of aromatic nitrogens is 5. The van der Waals surface area contributed by atoms with E-state index in [9.17, 15) is 0 Å². The van der Waals surface area contributed by atoms with Crippen LogP contribution in [0, 0.1) is 0 Å². The predicted octanol–water partition coefficient (Wildman–Crippen LogP) is 0.584. The topological polar surface area (TPSA) is 94.5 Å². The van der Waals surface area contributed by atoms with Crippen molar-refractivity contribution in [2.45, 2.75) is 0 Å². The van der Waals surface area contributed by atoms with Gasteiger partial charge in [-0.25, -0.2) is 0 Å². The number of nitrogens with zero attached hydrogens (tertiary/aromatic N) is 5. The molecule has 2 rings (SSSR count). The van der Waals surface area contributed by atoms with Gasteiger partial charge in [0.15, 0.2) is 0 Å². The van der Waals surface area contributed by atoms with E-state index in [1.165, 1.54) is 0 Å². The van der Waals surface area contributed by atoms with Gasteiger partial charge in [0.05, 0.1) is 11.9 Å². The molecule has 0 aliphatic carbocycles. The van der Waals surface area contributed by atoms with Crippen molar-refractivity contribution in [2.75, 3.05) is 11.1 Å². The van der Waals surface area contributed by atoms with Crippen molar-refractivity contribution >= 4 is 29.2 Å². The van der Waals surface area contributed by atoms with Crippen LogP contribution in [0.25, 0.3) is 0 Å². The maximum absolute atomic E-state index is 5.62. The number of halogens is 1. The predicted molar refractivity (Wildman–Crippen MR) is 55.7 cm³/mol. The number of rotatable bonds is 2. The van der Waals surface area contributed by atoms with Gasteiger partial charge in [-0.3, -0.25) is 4.68 Å². The molecule has 15 heavy (non-hydrogen) atoms. The van der Waals surface area contributed by atoms with Gasteiger partial charge < -0.3 is 11.1 Å². The molecule has 0 fully saturated rings. The van der Waals surface area contributed by atoms with Crippen molar-refractivity contribution < 1.29 is 0 Å². The van der Waals surface area contributed by atoms with E-state index in [0.29, 0.717) is 5.95 Å². The third-order valence-electron chi connectivity index (χ3n) is 1.59. The third kappa shape index (κ3) is 2.32. The SMILES string of the molecule is Cn1cc(Nc2nc(N)nc(Cl)n2)cn1. The largest absolute Gasteiger partial charge is 0.368 e. The molecule has 0 amide bonds. The lowest BCUT2D eigenvalue weighted by Gasteiger charge is -2.01. The van der Waals surface area contributed by atoms with Crippen molar-refractivity contribution in [3.63, 3.8) is 0 Å². The Morgan fingerprint density at radius 3 is 2.80 bits per heavy atom. The Bertz CT molecular complexity index is 460. The summed E-state index contributed by atoms with van der Waals surface area (Å²) in [5.41, 5.74) is 6.16. The molecule has 0 aromatic carbocycles. The molecule has 7 nitrogen and oxygen atoms in total. The molecule has 2 heterocycles. The summed E-state index contributed by atoms with van der Waals surface area (Å²) in [5.74, 6) is 0.363. The highest BCUT2D eigenvalue weighted by Gasteiger charge is 2.03. The van der Waals surface area contributed by atoms with Crippen LogP contribution in [0.1, 0.15) is 0 Å². The molecule has 0 atom stereocenters. The van der Waals surface area contributed by atoms with Crippen LogP contribution < -0.4 is 11.1 Å². The molecule has 0 unspecified atom stereocenters. The van der Waals surface area contributed by atoms with Gasteiger partial charge >= 0.3 is 0 Å². The minimum absolute atomic E-state index is 0.0499. The fraction of sp³-hybridized carbons (Fsp3) is 0.143. The third-order valence-corrected chi connectivity index (χ3v) is 1.76. The first kappa shape index (κ1) is 9.66. The number of nitrogens with two attached hydrogens (primary N) is 1. The second kappa shape index (κ2) is 3.70. The molecule has 3 N–H and O–H groups in total. The fourth-order valence-corrected chi connectivity index (χ4v) is 1.20. The van der Waals surface area contributed by atoms with Crippen molar-refractivity contribution in [1.29, 1.82) is 0 Å². The summed E-state index contributed by atoms with van der Waals surface area (Å²) in [4.78, 5) is 11.4. The number of aryl methyl sites for hydroxylation is 1. The quantitative estimate of drug-likeness (QED) is 0.777. The maximum Gasteiger partial charge on any atom is 0.233 e. The zero-order valence-corrected chi connectivity index (χ0v) is 8.60. The Morgan fingerprint density at radius 1 is 1.40 bits per heavy atom. The second-order valence-corrected chi connectivity index (χ2v) is 3.15. The average molecular weight is 226 g/mol. The Balaban J connectivity index is 2.24. The number of nitrogens with one attached hydrogen (secondary N) is 1. The van der Waals surface area contributed by atoms with Crippen molar-refractivity contribution in [1.82, 2.24) is 24.7 Å². The first-order valence-electron chi connectivity index (χ1n) is 4.06. The molecule has 8 heteroatoms. The van der Waals surface area contributed by atoms with Crippen molar-refractivity contribution in [3.05, 3.63) is 17.7 Å². The molecule has 0 aliphatic heterocycles. The first-order chi connectivity index (χ1) is 7.13. The summed E-state index contributed by atoms with van der Waals surface area (Å²) in [6.07, 6.45) is 3.40. The molecule has 0 saturated heterocycles. The van der Waals surface area contributed by atoms with Crippen LogP contribution in [-0.4, -0.2) is 24.7 Å². The summed E-state index contributed by atoms with van der Waals surface area (Å²) in [7, 11) is 1.81. The van der Waals surface area contributed by atoms with Gasteiger partial charge in [0.1, 0.15) is 0 Å². The Morgan fingerprint density at radius 2 is 2.20 bits per heavy atom. The van der Waals surface area contributed by atoms with Crippen LogP contribution in [0.5, 0.6) is 0 Å². The van der Waals surface area contributed by atoms with E-state index < -0.39 is 0 Å². The van der Waals surface area contributed by atoms with Gasteiger partial charge in [-0.15, -0.1) is 0 Å². The highest BCUT2D eigenvalue weighted by atomic mass is 35.5. The highest BCUT2D eigenvalue weighted by molar-refractivity contribution is 6.28. The summed E-state index contributed by atoms with van der Waals surface area (Å²) < 4.78 is 1.65. The van der Waals surface area contributed by atoms with Crippen LogP contribution in [0.4, 0.5) is 17.6 Å². The molecule has 0 saturated carbocycles. The molecule has 0 spiro atoms. The lowest BCUT2D eigenvalue weighted by Crippen LogP contribution is -2.02. The van der Waals surface area contributed by atoms with E-state index in [4.69, 9.17) is 17.3 Å². The molecule has 0 radical (unpaired) electrons. The minimum Gasteiger partial charge on any atom is -0.368 e. The van der Waals surface area contributed by atoms with E-state index in [1.807, 2.05) is 0 Å². The zero-order chi connectivity index (χ0) is 10.8. The maximum atomic E-state index is 5.62. The average Bonchev–Trinajstić information content (AvgIpc) is 2.49. The van der Waals surface area contributed by atoms with E-state index in [2.05, 4.69) is 25.4 Å². The molecule has 0 aliphatic rings. The van der Waals surface area contributed by atoms with Gasteiger partial charge in [-0.1, -0.05) is 0 Å². The normalized spacial score (nSPS) is 10.3. The first-order valence-corrected chi connectivity index (χ1v) is 4.44. The number of hydrogen-bond acceptors (Lipinski definition) is 6. The molecule has 78 valence electrons. The van der Waals surface area contributed by atoms with Crippen molar-refractivity contribution in [3.8, 4) is 0 Å². The van der Waals surface area contributed by atoms with Gasteiger partial charge in [0.2, 0.25) is 17.2 Å². The number of nitrogen functional groups attached to an aromatic ring is 1. The molecule has 0 bridgehead atoms. The Hall–Kier alpha value is -1.89. The van der Waals surface area contributed by atoms with E-state index >= 15 is 0 Å². The fourth-order valence-electron chi connectivity index (χ4n) is 1.04. The monoisotopic (exact) mass is 225 g/mol. The van der Waals surface area contributed by atoms with Gasteiger partial charge in [0, 0.05) is 13.2 Å². The van der Waals surface area contributed by atoms with Crippen molar-refractivity contribution in [2.24, 2.45) is 7.05 Å². The summed E-state index contributed by atoms with van der Waals surface area (Å²) in [5, 5.41) is 6.92. The van der Waals surface area contributed by atoms with Crippen LogP contribution >= 0.6 is 11.6 Å². The van der Waals surface area contributed by atoms with Gasteiger partial charge in [-0.2, -0.15) is 20.1 Å². The molecular weight excluding hydrogens is 218 g/mol. The van der Waals surface area contributed by atoms with E-state index in [-0.39, 0.29) is 11.2 Å². The van der Waals surface area contributed by atoms with Crippen LogP contribution in [0.3, 0.4) is 0 Å². The minimum atomic E-state index is 0.0499. The second-order valence-electron chi connectivity index (χ2n) is 2.81.